The van der Waals surface area contributed by atoms with Gasteiger partial charge >= 0.3 is 0 Å². The molecule has 0 aliphatic heterocycles. The first-order chi connectivity index (χ1) is 16.0. The van der Waals surface area contributed by atoms with Gasteiger partial charge in [-0.1, -0.05) is 12.1 Å². The third-order valence-electron chi connectivity index (χ3n) is 5.41. The van der Waals surface area contributed by atoms with Crippen LogP contribution in [-0.2, 0) is 0 Å². The lowest BCUT2D eigenvalue weighted by Crippen LogP contribution is -2.12. The molecular formula is C26H23NO6. The van der Waals surface area contributed by atoms with Gasteiger partial charge in [0.25, 0.3) is 5.91 Å². The topological polar surface area (TPSA) is 87.0 Å². The Morgan fingerprint density at radius 1 is 0.818 bits per heavy atom. The van der Waals surface area contributed by atoms with Crippen molar-refractivity contribution in [1.82, 2.24) is 0 Å². The number of hydrogen-bond donors (Lipinski definition) is 1. The Labute approximate surface area is 190 Å². The van der Waals surface area contributed by atoms with Gasteiger partial charge in [0.1, 0.15) is 22.8 Å². The predicted molar refractivity (Wildman–Crippen MR) is 125 cm³/mol. The summed E-state index contributed by atoms with van der Waals surface area (Å²) in [5.41, 5.74) is 2.46. The summed E-state index contributed by atoms with van der Waals surface area (Å²) >= 11 is 0. The van der Waals surface area contributed by atoms with Crippen molar-refractivity contribution in [2.24, 2.45) is 0 Å². The van der Waals surface area contributed by atoms with Gasteiger partial charge < -0.3 is 23.9 Å². The molecule has 1 heterocycles. The van der Waals surface area contributed by atoms with Crippen LogP contribution in [0.3, 0.4) is 0 Å². The van der Waals surface area contributed by atoms with Crippen LogP contribution >= 0.6 is 0 Å². The van der Waals surface area contributed by atoms with Crippen LogP contribution in [0, 0.1) is 6.92 Å². The molecule has 0 saturated carbocycles. The number of methoxy groups -OCH3 is 3. The Morgan fingerprint density at radius 3 is 2.27 bits per heavy atom. The minimum absolute atomic E-state index is 0.199. The number of hydrogen-bond acceptors (Lipinski definition) is 6. The number of fused-ring (bicyclic) bond motifs is 1. The Hall–Kier alpha value is -4.26. The third kappa shape index (κ3) is 4.13. The van der Waals surface area contributed by atoms with Crippen molar-refractivity contribution in [3.05, 3.63) is 83.1 Å². The normalized spacial score (nSPS) is 10.7. The van der Waals surface area contributed by atoms with Gasteiger partial charge in [0.15, 0.2) is 5.76 Å². The van der Waals surface area contributed by atoms with Crippen molar-refractivity contribution < 1.29 is 28.2 Å². The fourth-order valence-electron chi connectivity index (χ4n) is 3.66. The van der Waals surface area contributed by atoms with Crippen molar-refractivity contribution in [3.8, 4) is 17.2 Å². The fourth-order valence-corrected chi connectivity index (χ4v) is 3.66. The Morgan fingerprint density at radius 2 is 1.55 bits per heavy atom. The van der Waals surface area contributed by atoms with E-state index in [0.717, 1.165) is 5.39 Å². The quantitative estimate of drug-likeness (QED) is 0.391. The van der Waals surface area contributed by atoms with Crippen molar-refractivity contribution in [2.75, 3.05) is 26.6 Å². The number of ketones is 1. The second-order valence-electron chi connectivity index (χ2n) is 7.32. The minimum atomic E-state index is -0.320. The molecule has 0 aliphatic rings. The standard InChI is InChI=1S/C26H23NO6/c1-15-18-11-9-16(27-26(29)19-7-5-6-8-21(19)31-3)13-23(18)33-25(15)24(28)20-14-17(30-2)10-12-22(20)32-4/h5-14H,1-4H3,(H,27,29). The van der Waals surface area contributed by atoms with Crippen LogP contribution in [0.15, 0.2) is 65.1 Å². The highest BCUT2D eigenvalue weighted by molar-refractivity contribution is 6.12. The smallest absolute Gasteiger partial charge is 0.259 e. The summed E-state index contributed by atoms with van der Waals surface area (Å²) in [5.74, 6) is 1.00. The third-order valence-corrected chi connectivity index (χ3v) is 5.41. The van der Waals surface area contributed by atoms with Crippen molar-refractivity contribution >= 4 is 28.3 Å². The number of furan rings is 1. The average molecular weight is 445 g/mol. The van der Waals surface area contributed by atoms with Crippen molar-refractivity contribution in [1.29, 1.82) is 0 Å². The number of amides is 1. The van der Waals surface area contributed by atoms with E-state index in [1.165, 1.54) is 21.3 Å². The number of para-hydroxylation sites is 1. The lowest BCUT2D eigenvalue weighted by Gasteiger charge is -2.09. The van der Waals surface area contributed by atoms with Crippen LogP contribution in [0.5, 0.6) is 17.2 Å². The number of anilines is 1. The van der Waals surface area contributed by atoms with Gasteiger partial charge in [0.2, 0.25) is 5.78 Å². The largest absolute Gasteiger partial charge is 0.497 e. The molecule has 0 bridgehead atoms. The summed E-state index contributed by atoms with van der Waals surface area (Å²) in [6.45, 7) is 1.82. The molecule has 1 aromatic heterocycles. The molecule has 0 fully saturated rings. The van der Waals surface area contributed by atoms with Gasteiger partial charge in [-0.05, 0) is 49.4 Å². The number of ether oxygens (including phenoxy) is 3. The molecule has 0 atom stereocenters. The van der Waals surface area contributed by atoms with E-state index in [-0.39, 0.29) is 17.5 Å². The van der Waals surface area contributed by atoms with Crippen molar-refractivity contribution in [3.63, 3.8) is 0 Å². The van der Waals surface area contributed by atoms with Gasteiger partial charge in [0.05, 0.1) is 32.5 Å². The number of aryl methyl sites for hydroxylation is 1. The Kier molecular flexibility index (Phi) is 6.04. The van der Waals surface area contributed by atoms with Gasteiger partial charge in [-0.25, -0.2) is 0 Å². The second-order valence-corrected chi connectivity index (χ2v) is 7.32. The molecule has 7 nitrogen and oxygen atoms in total. The molecule has 4 aromatic rings. The number of carbonyl (C=O) groups excluding carboxylic acids is 2. The highest BCUT2D eigenvalue weighted by atomic mass is 16.5. The van der Waals surface area contributed by atoms with E-state index in [1.807, 2.05) is 13.0 Å². The van der Waals surface area contributed by atoms with E-state index in [1.54, 1.807) is 54.6 Å². The molecule has 0 spiro atoms. The zero-order valence-corrected chi connectivity index (χ0v) is 18.7. The number of rotatable bonds is 7. The summed E-state index contributed by atoms with van der Waals surface area (Å²) < 4.78 is 21.8. The van der Waals surface area contributed by atoms with Gasteiger partial charge in [-0.2, -0.15) is 0 Å². The summed E-state index contributed by atoms with van der Waals surface area (Å²) in [6, 6.07) is 17.2. The van der Waals surface area contributed by atoms with Crippen LogP contribution in [0.25, 0.3) is 11.0 Å². The SMILES string of the molecule is COc1ccc(OC)c(C(=O)c2oc3cc(NC(=O)c4ccccc4OC)ccc3c2C)c1. The highest BCUT2D eigenvalue weighted by Gasteiger charge is 2.23. The molecule has 33 heavy (non-hydrogen) atoms. The lowest BCUT2D eigenvalue weighted by atomic mass is 10.0. The predicted octanol–water partition coefficient (Wildman–Crippen LogP) is 5.25. The maximum atomic E-state index is 13.3. The summed E-state index contributed by atoms with van der Waals surface area (Å²) in [6.07, 6.45) is 0. The molecule has 1 N–H and O–H groups in total. The van der Waals surface area contributed by atoms with Gasteiger partial charge in [-0.3, -0.25) is 9.59 Å². The summed E-state index contributed by atoms with van der Waals surface area (Å²) in [7, 11) is 4.55. The maximum Gasteiger partial charge on any atom is 0.259 e. The average Bonchev–Trinajstić information content (AvgIpc) is 3.18. The molecule has 7 heteroatoms. The van der Waals surface area contributed by atoms with E-state index >= 15 is 0 Å². The first-order valence-electron chi connectivity index (χ1n) is 10.2. The van der Waals surface area contributed by atoms with Gasteiger partial charge in [-0.15, -0.1) is 0 Å². The van der Waals surface area contributed by atoms with Crippen LogP contribution in [0.4, 0.5) is 5.69 Å². The summed E-state index contributed by atoms with van der Waals surface area (Å²) in [5, 5.41) is 3.62. The van der Waals surface area contributed by atoms with E-state index in [4.69, 9.17) is 18.6 Å². The fraction of sp³-hybridized carbons (Fsp3) is 0.154. The monoisotopic (exact) mass is 445 g/mol. The number of nitrogens with one attached hydrogen (secondary N) is 1. The molecule has 0 unspecified atom stereocenters. The highest BCUT2D eigenvalue weighted by Crippen LogP contribution is 2.33. The van der Waals surface area contributed by atoms with Crippen LogP contribution in [0.2, 0.25) is 0 Å². The van der Waals surface area contributed by atoms with Crippen LogP contribution in [-0.4, -0.2) is 33.0 Å². The van der Waals surface area contributed by atoms with Crippen LogP contribution in [0.1, 0.15) is 32.0 Å². The van der Waals surface area contributed by atoms with E-state index in [9.17, 15) is 9.59 Å². The number of benzene rings is 3. The van der Waals surface area contributed by atoms with E-state index < -0.39 is 0 Å². The van der Waals surface area contributed by atoms with E-state index in [2.05, 4.69) is 5.32 Å². The molecular weight excluding hydrogens is 422 g/mol. The zero-order valence-electron chi connectivity index (χ0n) is 18.7. The second kappa shape index (κ2) is 9.08. The molecule has 0 saturated heterocycles. The first-order valence-corrected chi connectivity index (χ1v) is 10.2. The molecule has 0 radical (unpaired) electrons. The molecule has 3 aromatic carbocycles. The summed E-state index contributed by atoms with van der Waals surface area (Å²) in [4.78, 5) is 26.0. The first kappa shape index (κ1) is 22.0. The lowest BCUT2D eigenvalue weighted by molar-refractivity contribution is 0.100. The maximum absolute atomic E-state index is 13.3. The number of carbonyl (C=O) groups is 2. The van der Waals surface area contributed by atoms with Gasteiger partial charge in [0, 0.05) is 22.7 Å². The zero-order chi connectivity index (χ0) is 23.5. The Balaban J connectivity index is 1.68. The molecule has 1 amide bonds. The molecule has 4 rings (SSSR count). The van der Waals surface area contributed by atoms with Crippen molar-refractivity contribution in [2.45, 2.75) is 6.92 Å². The van der Waals surface area contributed by atoms with Crippen LogP contribution < -0.4 is 19.5 Å². The Bertz CT molecular complexity index is 1350. The molecule has 0 aliphatic carbocycles. The minimum Gasteiger partial charge on any atom is -0.497 e. The molecule has 168 valence electrons. The van der Waals surface area contributed by atoms with E-state index in [0.29, 0.717) is 45.2 Å².